The van der Waals surface area contributed by atoms with Crippen LogP contribution in [0.1, 0.15) is 25.7 Å². The number of hydrogen-bond donors (Lipinski definition) is 1. The number of carbonyl (C=O) groups excluding carboxylic acids is 1. The predicted octanol–water partition coefficient (Wildman–Crippen LogP) is 4.05. The zero-order chi connectivity index (χ0) is 15.5. The number of aryl methyl sites for hydroxylation is 1. The molecule has 0 saturated heterocycles. The van der Waals surface area contributed by atoms with Gasteiger partial charge in [0.2, 0.25) is 0 Å². The van der Waals surface area contributed by atoms with Gasteiger partial charge in [0.1, 0.15) is 0 Å². The van der Waals surface area contributed by atoms with Crippen LogP contribution >= 0.6 is 11.3 Å². The second-order valence-electron chi connectivity index (χ2n) is 4.61. The highest BCUT2D eigenvalue weighted by Gasteiger charge is 2.29. The summed E-state index contributed by atoms with van der Waals surface area (Å²) < 4.78 is 37.2. The van der Waals surface area contributed by atoms with Crippen molar-refractivity contribution in [1.82, 2.24) is 5.32 Å². The number of alkyl halides is 3. The first-order chi connectivity index (χ1) is 9.86. The van der Waals surface area contributed by atoms with Gasteiger partial charge >= 0.3 is 6.18 Å². The van der Waals surface area contributed by atoms with Crippen LogP contribution in [0.5, 0.6) is 0 Å². The predicted molar refractivity (Wildman–Crippen MR) is 76.5 cm³/mol. The fourth-order valence-electron chi connectivity index (χ4n) is 1.82. The molecule has 0 unspecified atom stereocenters. The largest absolute Gasteiger partial charge is 0.416 e. The lowest BCUT2D eigenvalue weighted by atomic mass is 10.1. The van der Waals surface area contributed by atoms with E-state index in [9.17, 15) is 18.0 Å². The first kappa shape index (κ1) is 15.6. The Kier molecular flexibility index (Phi) is 4.67. The molecular weight excluding hydrogens is 299 g/mol. The molecule has 0 atom stereocenters. The molecule has 1 N–H and O–H groups in total. The van der Waals surface area contributed by atoms with E-state index in [1.807, 2.05) is 13.0 Å². The number of nitrogens with one attached hydrogen (secondary N) is 1. The molecule has 2 aromatic rings. The average molecular weight is 313 g/mol. The van der Waals surface area contributed by atoms with Crippen LogP contribution in [0.15, 0.2) is 36.4 Å². The van der Waals surface area contributed by atoms with E-state index in [4.69, 9.17) is 0 Å². The van der Waals surface area contributed by atoms with Crippen molar-refractivity contribution in [2.75, 3.05) is 6.54 Å². The van der Waals surface area contributed by atoms with Crippen molar-refractivity contribution in [2.45, 2.75) is 19.5 Å². The van der Waals surface area contributed by atoms with Crippen LogP contribution in [0.4, 0.5) is 13.2 Å². The lowest BCUT2D eigenvalue weighted by Crippen LogP contribution is -2.24. The molecule has 0 fully saturated rings. The van der Waals surface area contributed by atoms with Crippen molar-refractivity contribution in [3.63, 3.8) is 0 Å². The number of halogens is 3. The minimum atomic E-state index is -4.32. The van der Waals surface area contributed by atoms with Gasteiger partial charge in [0.25, 0.3) is 5.91 Å². The summed E-state index contributed by atoms with van der Waals surface area (Å²) in [5, 5.41) is 2.75. The highest BCUT2D eigenvalue weighted by Crippen LogP contribution is 2.29. The Balaban J connectivity index is 1.85. The number of thiophene rings is 1. The molecule has 0 aliphatic carbocycles. The third-order valence-corrected chi connectivity index (χ3v) is 3.94. The number of benzene rings is 1. The van der Waals surface area contributed by atoms with Crippen LogP contribution in [0.2, 0.25) is 0 Å². The summed E-state index contributed by atoms with van der Waals surface area (Å²) in [6.07, 6.45) is -3.82. The Bertz CT molecular complexity index is 617. The van der Waals surface area contributed by atoms with Gasteiger partial charge in [-0.25, -0.2) is 0 Å². The van der Waals surface area contributed by atoms with E-state index in [2.05, 4.69) is 5.32 Å². The Morgan fingerprint density at radius 1 is 1.14 bits per heavy atom. The van der Waals surface area contributed by atoms with Gasteiger partial charge in [-0.1, -0.05) is 12.1 Å². The number of carbonyl (C=O) groups is 1. The van der Waals surface area contributed by atoms with Crippen LogP contribution in [-0.4, -0.2) is 12.5 Å². The average Bonchev–Trinajstić information content (AvgIpc) is 2.85. The first-order valence-electron chi connectivity index (χ1n) is 6.37. The van der Waals surface area contributed by atoms with E-state index in [0.29, 0.717) is 17.8 Å². The van der Waals surface area contributed by atoms with E-state index in [1.54, 1.807) is 6.07 Å². The van der Waals surface area contributed by atoms with Crippen molar-refractivity contribution in [2.24, 2.45) is 0 Å². The Hall–Kier alpha value is -1.82. The van der Waals surface area contributed by atoms with E-state index >= 15 is 0 Å². The maximum atomic E-state index is 12.4. The molecule has 2 nitrogen and oxygen atoms in total. The Labute approximate surface area is 124 Å². The summed E-state index contributed by atoms with van der Waals surface area (Å²) in [6, 6.07) is 8.61. The molecule has 1 heterocycles. The molecule has 0 spiro atoms. The third kappa shape index (κ3) is 4.32. The van der Waals surface area contributed by atoms with Gasteiger partial charge in [-0.05, 0) is 43.2 Å². The van der Waals surface area contributed by atoms with Crippen molar-refractivity contribution in [1.29, 1.82) is 0 Å². The summed E-state index contributed by atoms with van der Waals surface area (Å²) in [5.74, 6) is -0.153. The maximum absolute atomic E-state index is 12.4. The van der Waals surface area contributed by atoms with Gasteiger partial charge in [-0.15, -0.1) is 11.3 Å². The van der Waals surface area contributed by atoms with Crippen molar-refractivity contribution in [3.8, 4) is 0 Å². The normalized spacial score (nSPS) is 11.4. The molecule has 21 heavy (non-hydrogen) atoms. The molecular formula is C15H14F3NOS. The fourth-order valence-corrected chi connectivity index (χ4v) is 2.61. The zero-order valence-electron chi connectivity index (χ0n) is 11.3. The van der Waals surface area contributed by atoms with Gasteiger partial charge in [0, 0.05) is 11.4 Å². The molecule has 1 amide bonds. The highest BCUT2D eigenvalue weighted by molar-refractivity contribution is 7.13. The van der Waals surface area contributed by atoms with Gasteiger partial charge in [-0.2, -0.15) is 13.2 Å². The summed E-state index contributed by atoms with van der Waals surface area (Å²) in [5.41, 5.74) is 0.0926. The molecule has 112 valence electrons. The van der Waals surface area contributed by atoms with Crippen LogP contribution in [0, 0.1) is 6.92 Å². The van der Waals surface area contributed by atoms with E-state index in [-0.39, 0.29) is 5.91 Å². The zero-order valence-corrected chi connectivity index (χ0v) is 12.1. The molecule has 2 rings (SSSR count). The maximum Gasteiger partial charge on any atom is 0.416 e. The second-order valence-corrected chi connectivity index (χ2v) is 5.90. The van der Waals surface area contributed by atoms with Crippen LogP contribution < -0.4 is 5.32 Å². The van der Waals surface area contributed by atoms with Gasteiger partial charge in [-0.3, -0.25) is 4.79 Å². The van der Waals surface area contributed by atoms with Crippen LogP contribution in [0.25, 0.3) is 0 Å². The standard InChI is InChI=1S/C15H14F3NOS/c1-10-2-7-13(21-10)14(20)19-9-8-11-3-5-12(6-4-11)15(16,17)18/h2-7H,8-9H2,1H3,(H,19,20). The van der Waals surface area contributed by atoms with Gasteiger partial charge in [0.15, 0.2) is 0 Å². The molecule has 1 aromatic carbocycles. The minimum Gasteiger partial charge on any atom is -0.351 e. The molecule has 0 bridgehead atoms. The number of hydrogen-bond acceptors (Lipinski definition) is 2. The van der Waals surface area contributed by atoms with E-state index in [0.717, 1.165) is 22.6 Å². The van der Waals surface area contributed by atoms with E-state index < -0.39 is 11.7 Å². The minimum absolute atomic E-state index is 0.153. The number of rotatable bonds is 4. The van der Waals surface area contributed by atoms with Gasteiger partial charge in [0.05, 0.1) is 10.4 Å². The Morgan fingerprint density at radius 3 is 2.33 bits per heavy atom. The van der Waals surface area contributed by atoms with Crippen molar-refractivity contribution in [3.05, 3.63) is 57.3 Å². The number of amides is 1. The summed E-state index contributed by atoms with van der Waals surface area (Å²) in [4.78, 5) is 13.5. The summed E-state index contributed by atoms with van der Waals surface area (Å²) in [7, 11) is 0. The topological polar surface area (TPSA) is 29.1 Å². The second kappa shape index (κ2) is 6.30. The Morgan fingerprint density at radius 2 is 1.81 bits per heavy atom. The third-order valence-electron chi connectivity index (χ3n) is 2.94. The highest BCUT2D eigenvalue weighted by atomic mass is 32.1. The monoisotopic (exact) mass is 313 g/mol. The fraction of sp³-hybridized carbons (Fsp3) is 0.267. The quantitative estimate of drug-likeness (QED) is 0.906. The molecule has 0 aliphatic heterocycles. The molecule has 0 radical (unpaired) electrons. The van der Waals surface area contributed by atoms with E-state index in [1.165, 1.54) is 23.5 Å². The lowest BCUT2D eigenvalue weighted by Gasteiger charge is -2.08. The van der Waals surface area contributed by atoms with Crippen LogP contribution in [0.3, 0.4) is 0 Å². The molecule has 0 saturated carbocycles. The summed E-state index contributed by atoms with van der Waals surface area (Å²) >= 11 is 1.41. The molecule has 0 aliphatic rings. The molecule has 1 aromatic heterocycles. The van der Waals surface area contributed by atoms with Crippen molar-refractivity contribution < 1.29 is 18.0 Å². The molecule has 6 heteroatoms. The summed E-state index contributed by atoms with van der Waals surface area (Å²) in [6.45, 7) is 2.31. The van der Waals surface area contributed by atoms with Gasteiger partial charge < -0.3 is 5.32 Å². The van der Waals surface area contributed by atoms with Crippen molar-refractivity contribution >= 4 is 17.2 Å². The lowest BCUT2D eigenvalue weighted by molar-refractivity contribution is -0.137. The first-order valence-corrected chi connectivity index (χ1v) is 7.18. The van der Waals surface area contributed by atoms with Crippen LogP contribution in [-0.2, 0) is 12.6 Å². The SMILES string of the molecule is Cc1ccc(C(=O)NCCc2ccc(C(F)(F)F)cc2)s1. The smallest absolute Gasteiger partial charge is 0.351 e.